The number of benzene rings is 2. The van der Waals surface area contributed by atoms with Crippen LogP contribution in [0.1, 0.15) is 61.1 Å². The summed E-state index contributed by atoms with van der Waals surface area (Å²) in [6.45, 7) is 5.00. The maximum Gasteiger partial charge on any atom is 0.253 e. The van der Waals surface area contributed by atoms with Gasteiger partial charge in [0.15, 0.2) is 5.82 Å². The molecule has 1 saturated heterocycles. The number of halogens is 1. The zero-order valence-corrected chi connectivity index (χ0v) is 21.1. The minimum Gasteiger partial charge on any atom is -0.369 e. The number of nitrogens with zero attached hydrogens (tertiary/aromatic N) is 6. The van der Waals surface area contributed by atoms with Crippen LogP contribution in [-0.2, 0) is 0 Å². The van der Waals surface area contributed by atoms with Gasteiger partial charge in [0, 0.05) is 42.9 Å². The fourth-order valence-corrected chi connectivity index (χ4v) is 5.89. The molecule has 0 radical (unpaired) electrons. The molecule has 0 amide bonds. The minimum absolute atomic E-state index is 0.109. The van der Waals surface area contributed by atoms with Gasteiger partial charge in [0.2, 0.25) is 0 Å². The molecule has 8 nitrogen and oxygen atoms in total. The lowest BCUT2D eigenvalue weighted by Crippen LogP contribution is -2.49. The van der Waals surface area contributed by atoms with Gasteiger partial charge < -0.3 is 9.88 Å². The Hall–Kier alpha value is -3.59. The Morgan fingerprint density at radius 3 is 2.49 bits per heavy atom. The number of anilines is 1. The second-order valence-electron chi connectivity index (χ2n) is 10.3. The van der Waals surface area contributed by atoms with Crippen LogP contribution in [0.15, 0.2) is 53.3 Å². The summed E-state index contributed by atoms with van der Waals surface area (Å²) in [5.41, 5.74) is 3.50. The molecule has 4 aromatic rings. The molecule has 1 atom stereocenters. The Kier molecular flexibility index (Phi) is 6.46. The Bertz CT molecular complexity index is 1430. The summed E-state index contributed by atoms with van der Waals surface area (Å²) in [6, 6.07) is 14.7. The molecular weight excluding hydrogens is 469 g/mol. The number of nitrogens with one attached hydrogen (secondary N) is 1. The Morgan fingerprint density at radius 1 is 0.973 bits per heavy atom. The second kappa shape index (κ2) is 10.0. The van der Waals surface area contributed by atoms with Crippen LogP contribution in [-0.4, -0.2) is 56.3 Å². The summed E-state index contributed by atoms with van der Waals surface area (Å²) < 4.78 is 15.4. The number of pyridine rings is 1. The molecule has 1 aliphatic carbocycles. The van der Waals surface area contributed by atoms with E-state index in [4.69, 9.17) is 0 Å². The first kappa shape index (κ1) is 23.8. The molecule has 1 saturated carbocycles. The van der Waals surface area contributed by atoms with Crippen molar-refractivity contribution in [3.05, 3.63) is 81.7 Å². The highest BCUT2D eigenvalue weighted by Crippen LogP contribution is 2.34. The van der Waals surface area contributed by atoms with Crippen LogP contribution in [0.2, 0.25) is 0 Å². The molecule has 2 aliphatic rings. The molecule has 0 spiro atoms. The van der Waals surface area contributed by atoms with Crippen LogP contribution in [0.3, 0.4) is 0 Å². The van der Waals surface area contributed by atoms with Gasteiger partial charge in [-0.05, 0) is 77.5 Å². The van der Waals surface area contributed by atoms with Gasteiger partial charge >= 0.3 is 0 Å². The summed E-state index contributed by atoms with van der Waals surface area (Å²) in [5, 5.41) is 14.0. The predicted octanol–water partition coefficient (Wildman–Crippen LogP) is 4.38. The van der Waals surface area contributed by atoms with Crippen molar-refractivity contribution in [2.75, 3.05) is 31.1 Å². The normalized spacial score (nSPS) is 18.4. The standard InChI is InChI=1S/C28H32FN7O/c1-19-7-8-20-18-24(28(37)30-25(20)17-19)26(27-31-32-33-36(27)23-5-3-2-4-6-23)35-15-13-34(14-16-35)22-11-9-21(29)10-12-22/h7-12,17-18,23,26H,2-6,13-16H2,1H3,(H,30,37)/t26-/m1/s1. The largest absolute Gasteiger partial charge is 0.369 e. The molecular formula is C28H32FN7O. The number of aromatic nitrogens is 5. The number of hydrogen-bond acceptors (Lipinski definition) is 6. The lowest BCUT2D eigenvalue weighted by molar-refractivity contribution is 0.192. The van der Waals surface area contributed by atoms with Crippen molar-refractivity contribution in [1.82, 2.24) is 30.1 Å². The Balaban J connectivity index is 1.38. The van der Waals surface area contributed by atoms with E-state index in [9.17, 15) is 9.18 Å². The van der Waals surface area contributed by atoms with Crippen molar-refractivity contribution in [3.63, 3.8) is 0 Å². The summed E-state index contributed by atoms with van der Waals surface area (Å²) in [5.74, 6) is 0.502. The van der Waals surface area contributed by atoms with Crippen LogP contribution in [0.5, 0.6) is 0 Å². The van der Waals surface area contributed by atoms with Crippen molar-refractivity contribution in [2.45, 2.75) is 51.1 Å². The van der Waals surface area contributed by atoms with Crippen LogP contribution in [0.25, 0.3) is 10.9 Å². The maximum absolute atomic E-state index is 13.5. The third-order valence-corrected chi connectivity index (χ3v) is 7.88. The number of hydrogen-bond donors (Lipinski definition) is 1. The number of piperazine rings is 1. The summed E-state index contributed by atoms with van der Waals surface area (Å²) in [7, 11) is 0. The monoisotopic (exact) mass is 501 g/mol. The van der Waals surface area contributed by atoms with Gasteiger partial charge in [-0.15, -0.1) is 5.10 Å². The van der Waals surface area contributed by atoms with Gasteiger partial charge in [-0.2, -0.15) is 0 Å². The van der Waals surface area contributed by atoms with E-state index in [-0.39, 0.29) is 23.5 Å². The van der Waals surface area contributed by atoms with Crippen LogP contribution in [0.4, 0.5) is 10.1 Å². The van der Waals surface area contributed by atoms with Gasteiger partial charge in [-0.1, -0.05) is 31.4 Å². The molecule has 2 aromatic heterocycles. The molecule has 37 heavy (non-hydrogen) atoms. The molecule has 3 heterocycles. The number of fused-ring (bicyclic) bond motifs is 1. The van der Waals surface area contributed by atoms with Gasteiger partial charge in [-0.25, -0.2) is 9.07 Å². The topological polar surface area (TPSA) is 82.9 Å². The first-order valence-corrected chi connectivity index (χ1v) is 13.2. The maximum atomic E-state index is 13.5. The number of rotatable bonds is 5. The van der Waals surface area contributed by atoms with Crippen molar-refractivity contribution in [3.8, 4) is 0 Å². The van der Waals surface area contributed by atoms with E-state index in [1.165, 1.54) is 31.4 Å². The molecule has 0 unspecified atom stereocenters. The van der Waals surface area contributed by atoms with Crippen molar-refractivity contribution in [1.29, 1.82) is 0 Å². The van der Waals surface area contributed by atoms with E-state index in [1.807, 2.05) is 35.9 Å². The number of aromatic amines is 1. The van der Waals surface area contributed by atoms with Gasteiger partial charge in [-0.3, -0.25) is 9.69 Å². The van der Waals surface area contributed by atoms with Gasteiger partial charge in [0.1, 0.15) is 11.9 Å². The smallest absolute Gasteiger partial charge is 0.253 e. The third kappa shape index (κ3) is 4.75. The molecule has 6 rings (SSSR count). The highest BCUT2D eigenvalue weighted by Gasteiger charge is 2.34. The van der Waals surface area contributed by atoms with E-state index >= 15 is 0 Å². The number of tetrazole rings is 1. The summed E-state index contributed by atoms with van der Waals surface area (Å²) >= 11 is 0. The first-order valence-electron chi connectivity index (χ1n) is 13.2. The second-order valence-corrected chi connectivity index (χ2v) is 10.3. The SMILES string of the molecule is Cc1ccc2cc([C@H](c3nnnn3C3CCCCC3)N3CCN(c4ccc(F)cc4)CC3)c(=O)[nH]c2c1. The van der Waals surface area contributed by atoms with Crippen molar-refractivity contribution < 1.29 is 4.39 Å². The lowest BCUT2D eigenvalue weighted by atomic mass is 9.95. The van der Waals surface area contributed by atoms with Gasteiger partial charge in [0.05, 0.1) is 6.04 Å². The molecule has 2 fully saturated rings. The van der Waals surface area contributed by atoms with E-state index in [1.54, 1.807) is 0 Å². The number of aryl methyl sites for hydroxylation is 1. The van der Waals surface area contributed by atoms with E-state index < -0.39 is 0 Å². The molecule has 9 heteroatoms. The van der Waals surface area contributed by atoms with Crippen molar-refractivity contribution >= 4 is 16.6 Å². The molecule has 2 aromatic carbocycles. The zero-order chi connectivity index (χ0) is 25.4. The molecule has 1 N–H and O–H groups in total. The average molecular weight is 502 g/mol. The average Bonchev–Trinajstić information content (AvgIpc) is 3.40. The highest BCUT2D eigenvalue weighted by molar-refractivity contribution is 5.79. The van der Waals surface area contributed by atoms with Crippen molar-refractivity contribution in [2.24, 2.45) is 0 Å². The fraction of sp³-hybridized carbons (Fsp3) is 0.429. The predicted molar refractivity (Wildman–Crippen MR) is 141 cm³/mol. The Morgan fingerprint density at radius 2 is 1.73 bits per heavy atom. The minimum atomic E-state index is -0.359. The fourth-order valence-electron chi connectivity index (χ4n) is 5.89. The van der Waals surface area contributed by atoms with Crippen LogP contribution in [0, 0.1) is 12.7 Å². The molecule has 192 valence electrons. The molecule has 1 aliphatic heterocycles. The summed E-state index contributed by atoms with van der Waals surface area (Å²) in [6.07, 6.45) is 5.68. The summed E-state index contributed by atoms with van der Waals surface area (Å²) in [4.78, 5) is 21.2. The van der Waals surface area contributed by atoms with Crippen LogP contribution < -0.4 is 10.5 Å². The quantitative estimate of drug-likeness (QED) is 0.437. The van der Waals surface area contributed by atoms with Crippen LogP contribution >= 0.6 is 0 Å². The molecule has 0 bridgehead atoms. The lowest BCUT2D eigenvalue weighted by Gasteiger charge is -2.40. The number of H-pyrrole nitrogens is 1. The van der Waals surface area contributed by atoms with E-state index in [0.29, 0.717) is 5.56 Å². The van der Waals surface area contributed by atoms with E-state index in [2.05, 4.69) is 42.4 Å². The zero-order valence-electron chi connectivity index (χ0n) is 21.1. The van der Waals surface area contributed by atoms with Gasteiger partial charge in [0.25, 0.3) is 5.56 Å². The Labute approximate surface area is 215 Å². The van der Waals surface area contributed by atoms with E-state index in [0.717, 1.165) is 67.0 Å². The highest BCUT2D eigenvalue weighted by atomic mass is 19.1. The third-order valence-electron chi connectivity index (χ3n) is 7.88. The first-order chi connectivity index (χ1) is 18.1.